The zero-order valence-electron chi connectivity index (χ0n) is 31.3. The smallest absolute Gasteiger partial charge is 0.186 e. The van der Waals surface area contributed by atoms with Gasteiger partial charge in [-0.1, -0.05) is 106 Å². The average molecular weight is 712 g/mol. The van der Waals surface area contributed by atoms with Gasteiger partial charge in [-0.15, -0.1) is 0 Å². The van der Waals surface area contributed by atoms with Gasteiger partial charge < -0.3 is 0 Å². The Bertz CT molecular complexity index is 1760. The number of allylic oxidation sites excluding steroid dienone is 10. The lowest BCUT2D eigenvalue weighted by molar-refractivity contribution is -0.114. The molecule has 0 atom stereocenters. The first-order chi connectivity index (χ1) is 23.0. The molecule has 0 amide bonds. The molecule has 0 aliphatic heterocycles. The average Bonchev–Trinajstić information content (AvgIpc) is 2.97. The Labute approximate surface area is 307 Å². The van der Waals surface area contributed by atoms with E-state index < -0.39 is 0 Å². The summed E-state index contributed by atoms with van der Waals surface area (Å²) in [5, 5.41) is 19.1. The largest absolute Gasteiger partial charge is 0.289 e. The summed E-state index contributed by atoms with van der Waals surface area (Å²) in [4.78, 5) is 26.7. The molecule has 50 heavy (non-hydrogen) atoms. The van der Waals surface area contributed by atoms with Crippen molar-refractivity contribution < 1.29 is 9.59 Å². The second kappa shape index (κ2) is 14.3. The molecule has 8 heteroatoms. The molecule has 0 N–H and O–H groups in total. The van der Waals surface area contributed by atoms with E-state index in [1.165, 1.54) is 0 Å². The highest BCUT2D eigenvalue weighted by Gasteiger charge is 2.35. The number of nitrogens with zero attached hydrogens (tertiary/aromatic N) is 4. The van der Waals surface area contributed by atoms with E-state index in [-0.39, 0.29) is 33.2 Å². The lowest BCUT2D eigenvalue weighted by atomic mass is 9.72. The summed E-state index contributed by atoms with van der Waals surface area (Å²) in [5.74, 6) is 0.122. The highest BCUT2D eigenvalue weighted by atomic mass is 35.5. The molecule has 0 heterocycles. The van der Waals surface area contributed by atoms with Gasteiger partial charge in [-0.3, -0.25) is 9.59 Å². The summed E-state index contributed by atoms with van der Waals surface area (Å²) in [6.07, 6.45) is 10.9. The van der Waals surface area contributed by atoms with Crippen molar-refractivity contribution in [2.75, 3.05) is 0 Å². The first-order valence-corrected chi connectivity index (χ1v) is 17.5. The number of carbonyl (C=O) groups excluding carboxylic acids is 2. The molecular formula is C42H48Cl2N4O2. The fourth-order valence-corrected chi connectivity index (χ4v) is 5.96. The zero-order valence-corrected chi connectivity index (χ0v) is 32.8. The maximum atomic E-state index is 13.4. The molecule has 0 radical (unpaired) electrons. The van der Waals surface area contributed by atoms with Crippen LogP contribution in [0.25, 0.3) is 11.1 Å². The fraction of sp³-hybridized carbons (Fsp3) is 0.381. The van der Waals surface area contributed by atoms with Gasteiger partial charge in [0.25, 0.3) is 0 Å². The van der Waals surface area contributed by atoms with Crippen LogP contribution in [0.1, 0.15) is 83.1 Å². The first kappa shape index (κ1) is 38.8. The molecule has 0 unspecified atom stereocenters. The molecule has 0 spiro atoms. The topological polar surface area (TPSA) is 83.6 Å². The van der Waals surface area contributed by atoms with Crippen LogP contribution in [0.2, 0.25) is 10.0 Å². The maximum Gasteiger partial charge on any atom is 0.186 e. The Kier molecular flexibility index (Phi) is 11.1. The Balaban J connectivity index is 1.77. The number of azo groups is 2. The minimum Gasteiger partial charge on any atom is -0.289 e. The Morgan fingerprint density at radius 2 is 0.760 bits per heavy atom. The van der Waals surface area contributed by atoms with Gasteiger partial charge in [0.2, 0.25) is 0 Å². The van der Waals surface area contributed by atoms with Crippen LogP contribution in [0.4, 0.5) is 11.4 Å². The van der Waals surface area contributed by atoms with Gasteiger partial charge >= 0.3 is 0 Å². The molecule has 262 valence electrons. The minimum absolute atomic E-state index is 0.0608. The third-order valence-electron chi connectivity index (χ3n) is 8.41. The van der Waals surface area contributed by atoms with E-state index in [0.717, 1.165) is 33.4 Å². The van der Waals surface area contributed by atoms with Crippen molar-refractivity contribution >= 4 is 46.1 Å². The van der Waals surface area contributed by atoms with Crippen molar-refractivity contribution in [2.24, 2.45) is 42.1 Å². The van der Waals surface area contributed by atoms with E-state index in [1.807, 2.05) is 107 Å². The van der Waals surface area contributed by atoms with Gasteiger partial charge in [0.15, 0.2) is 11.6 Å². The van der Waals surface area contributed by atoms with E-state index in [2.05, 4.69) is 20.5 Å². The highest BCUT2D eigenvalue weighted by molar-refractivity contribution is 6.31. The van der Waals surface area contributed by atoms with Crippen LogP contribution >= 0.6 is 23.2 Å². The van der Waals surface area contributed by atoms with Crippen molar-refractivity contribution in [1.29, 1.82) is 0 Å². The Morgan fingerprint density at radius 1 is 0.480 bits per heavy atom. The van der Waals surface area contributed by atoms with Crippen molar-refractivity contribution in [2.45, 2.75) is 83.1 Å². The molecule has 0 bridgehead atoms. The SMILES string of the molecule is CC(C)(C)C1=CC(=C/N=N/c2ccc(Cl)cc2-c2cc(Cl)ccc2/N=N/C=C2C=C(C(C)(C)C)C(=O)C(C(C)(C)C)=C2)C=C(C(C)(C)C)C1=O. The lowest BCUT2D eigenvalue weighted by Gasteiger charge is -2.31. The molecular weight excluding hydrogens is 663 g/mol. The van der Waals surface area contributed by atoms with Crippen LogP contribution in [0.3, 0.4) is 0 Å². The van der Waals surface area contributed by atoms with E-state index in [4.69, 9.17) is 23.2 Å². The highest BCUT2D eigenvalue weighted by Crippen LogP contribution is 2.42. The molecule has 2 aromatic rings. The molecule has 2 aromatic carbocycles. The van der Waals surface area contributed by atoms with Crippen molar-refractivity contribution in [3.63, 3.8) is 0 Å². The number of carbonyl (C=O) groups is 2. The second-order valence-electron chi connectivity index (χ2n) is 16.9. The monoisotopic (exact) mass is 710 g/mol. The first-order valence-electron chi connectivity index (χ1n) is 16.8. The molecule has 6 nitrogen and oxygen atoms in total. The van der Waals surface area contributed by atoms with Crippen LogP contribution in [0.15, 0.2) is 127 Å². The summed E-state index contributed by atoms with van der Waals surface area (Å²) in [5.41, 5.74) is 5.64. The van der Waals surface area contributed by atoms with Crippen LogP contribution in [0.5, 0.6) is 0 Å². The normalized spacial score (nSPS) is 16.5. The summed E-state index contributed by atoms with van der Waals surface area (Å²) in [6, 6.07) is 10.7. The molecule has 2 aliphatic rings. The van der Waals surface area contributed by atoms with E-state index >= 15 is 0 Å². The van der Waals surface area contributed by atoms with Gasteiger partial charge in [-0.25, -0.2) is 0 Å². The molecule has 4 rings (SSSR count). The van der Waals surface area contributed by atoms with E-state index in [0.29, 0.717) is 32.5 Å². The quantitative estimate of drug-likeness (QED) is 0.289. The van der Waals surface area contributed by atoms with Gasteiger partial charge in [-0.05, 0) is 93.5 Å². The van der Waals surface area contributed by atoms with Crippen LogP contribution in [-0.2, 0) is 9.59 Å². The number of halogens is 2. The Hall–Kier alpha value is -4.00. The number of hydrogen-bond donors (Lipinski definition) is 0. The van der Waals surface area contributed by atoms with Crippen LogP contribution in [-0.4, -0.2) is 11.6 Å². The van der Waals surface area contributed by atoms with Gasteiger partial charge in [0.1, 0.15) is 0 Å². The second-order valence-corrected chi connectivity index (χ2v) is 17.8. The van der Waals surface area contributed by atoms with E-state index in [1.54, 1.807) is 48.8 Å². The molecule has 0 aromatic heterocycles. The third-order valence-corrected chi connectivity index (χ3v) is 8.88. The van der Waals surface area contributed by atoms with E-state index in [9.17, 15) is 9.59 Å². The molecule has 0 saturated carbocycles. The van der Waals surface area contributed by atoms with Crippen LogP contribution < -0.4 is 0 Å². The zero-order chi connectivity index (χ0) is 37.4. The number of hydrogen-bond acceptors (Lipinski definition) is 6. The summed E-state index contributed by atoms with van der Waals surface area (Å²) >= 11 is 13.0. The van der Waals surface area contributed by atoms with Gasteiger partial charge in [0, 0.05) is 43.5 Å². The predicted molar refractivity (Wildman–Crippen MR) is 207 cm³/mol. The summed E-state index contributed by atoms with van der Waals surface area (Å²) in [6.45, 7) is 24.4. The third kappa shape index (κ3) is 9.21. The molecule has 2 aliphatic carbocycles. The molecule has 0 fully saturated rings. The minimum atomic E-state index is -0.334. The Morgan fingerprint density at radius 3 is 1.02 bits per heavy atom. The maximum absolute atomic E-state index is 13.4. The number of Topliss-reactive ketones (excluding diaryl/α,β-unsaturated/α-hetero) is 2. The molecule has 0 saturated heterocycles. The van der Waals surface area contributed by atoms with Crippen molar-refractivity contribution in [1.82, 2.24) is 0 Å². The van der Waals surface area contributed by atoms with Crippen molar-refractivity contribution in [3.05, 3.63) is 117 Å². The summed E-state index contributed by atoms with van der Waals surface area (Å²) < 4.78 is 0. The fourth-order valence-electron chi connectivity index (χ4n) is 5.62. The van der Waals surface area contributed by atoms with Crippen LogP contribution in [0, 0.1) is 21.7 Å². The number of benzene rings is 2. The van der Waals surface area contributed by atoms with Crippen molar-refractivity contribution in [3.8, 4) is 11.1 Å². The standard InChI is InChI=1S/C42H48Cl2N4O2/c1-39(2,3)31-17-25(18-32(37(31)49)40(4,5)6)23-45-47-35-15-13-27(43)21-29(35)30-22-28(44)14-16-36(30)48-46-24-26-19-33(41(7,8)9)38(50)34(20-26)42(10,11)12/h13-24H,1-12H3/b47-45+,48-46+. The summed E-state index contributed by atoms with van der Waals surface area (Å²) in [7, 11) is 0. The lowest BCUT2D eigenvalue weighted by Crippen LogP contribution is -2.27. The number of rotatable bonds is 5. The van der Waals surface area contributed by atoms with Gasteiger partial charge in [0.05, 0.1) is 23.8 Å². The van der Waals surface area contributed by atoms with Gasteiger partial charge in [-0.2, -0.15) is 20.5 Å². The predicted octanol–water partition coefficient (Wildman–Crippen LogP) is 13.7. The number of ketones is 2.